The lowest BCUT2D eigenvalue weighted by Crippen LogP contribution is -2.34. The van der Waals surface area contributed by atoms with Crippen LogP contribution in [0.15, 0.2) is 48.8 Å². The van der Waals surface area contributed by atoms with Crippen LogP contribution in [0.4, 0.5) is 15.9 Å². The molecule has 1 amide bonds. The van der Waals surface area contributed by atoms with E-state index in [2.05, 4.69) is 26.3 Å². The van der Waals surface area contributed by atoms with Gasteiger partial charge in [-0.25, -0.2) is 19.3 Å². The summed E-state index contributed by atoms with van der Waals surface area (Å²) in [7, 11) is 4.00. The van der Waals surface area contributed by atoms with Gasteiger partial charge in [-0.05, 0) is 56.6 Å². The van der Waals surface area contributed by atoms with E-state index in [1.807, 2.05) is 38.2 Å². The van der Waals surface area contributed by atoms with Crippen molar-refractivity contribution in [3.05, 3.63) is 77.3 Å². The Labute approximate surface area is 193 Å². The minimum atomic E-state index is -0.349. The molecule has 0 bridgehead atoms. The molecule has 2 aromatic heterocycles. The third-order valence-electron chi connectivity index (χ3n) is 5.92. The van der Waals surface area contributed by atoms with Crippen LogP contribution in [0.25, 0.3) is 0 Å². The number of aromatic nitrogens is 3. The van der Waals surface area contributed by atoms with Gasteiger partial charge in [-0.15, -0.1) is 0 Å². The van der Waals surface area contributed by atoms with E-state index in [0.29, 0.717) is 16.9 Å². The maximum absolute atomic E-state index is 13.1. The third kappa shape index (κ3) is 5.34. The fraction of sp³-hybridized carbons (Fsp3) is 0.360. The fourth-order valence-electron chi connectivity index (χ4n) is 4.25. The van der Waals surface area contributed by atoms with E-state index in [4.69, 9.17) is 4.98 Å². The Kier molecular flexibility index (Phi) is 6.93. The van der Waals surface area contributed by atoms with Crippen molar-refractivity contribution in [2.45, 2.75) is 38.8 Å². The van der Waals surface area contributed by atoms with Crippen LogP contribution in [-0.2, 0) is 6.54 Å². The first kappa shape index (κ1) is 22.8. The lowest BCUT2D eigenvalue weighted by molar-refractivity contribution is 0.102. The van der Waals surface area contributed by atoms with Crippen LogP contribution in [0.1, 0.15) is 52.7 Å². The number of likely N-dealkylation sites (tertiary alicyclic amines) is 1. The summed E-state index contributed by atoms with van der Waals surface area (Å²) < 4.78 is 13.1. The highest BCUT2D eigenvalue weighted by atomic mass is 19.1. The summed E-state index contributed by atoms with van der Waals surface area (Å²) in [5, 5.41) is 2.78. The zero-order chi connectivity index (χ0) is 23.4. The number of carbonyl (C=O) groups excluding carboxylic acids is 1. The molecule has 3 heterocycles. The van der Waals surface area contributed by atoms with Crippen molar-refractivity contribution in [1.29, 1.82) is 0 Å². The second kappa shape index (κ2) is 10.0. The smallest absolute Gasteiger partial charge is 0.259 e. The molecular weight excluding hydrogens is 419 g/mol. The quantitative estimate of drug-likeness (QED) is 0.604. The molecule has 0 radical (unpaired) electrons. The zero-order valence-electron chi connectivity index (χ0n) is 19.3. The van der Waals surface area contributed by atoms with E-state index in [1.165, 1.54) is 29.8 Å². The maximum Gasteiger partial charge on any atom is 0.259 e. The Balaban J connectivity index is 1.53. The van der Waals surface area contributed by atoms with E-state index in [-0.39, 0.29) is 17.8 Å². The molecule has 172 valence electrons. The van der Waals surface area contributed by atoms with E-state index in [9.17, 15) is 9.18 Å². The van der Waals surface area contributed by atoms with Gasteiger partial charge < -0.3 is 10.2 Å². The van der Waals surface area contributed by atoms with Gasteiger partial charge in [0.15, 0.2) is 0 Å². The zero-order valence-corrected chi connectivity index (χ0v) is 19.3. The van der Waals surface area contributed by atoms with Gasteiger partial charge >= 0.3 is 0 Å². The average Bonchev–Trinajstić information content (AvgIpc) is 2.81. The Hall–Kier alpha value is -3.39. The standard InChI is InChI=1S/C25H29FN6O/c1-17-21(25(33)30-20-11-9-19(26)10-12-20)15-28-23(29-17)22-8-4-5-14-32(22)16-18-7-6-13-27-24(18)31(2)3/h6-7,9-13,15,22H,4-5,8,14,16H2,1-3H3,(H,30,33)/t22-/m1/s1. The van der Waals surface area contributed by atoms with Crippen LogP contribution in [0, 0.1) is 12.7 Å². The van der Waals surface area contributed by atoms with Gasteiger partial charge in [0.1, 0.15) is 17.5 Å². The summed E-state index contributed by atoms with van der Waals surface area (Å²) in [6.07, 6.45) is 6.63. The SMILES string of the molecule is Cc1nc([C@H]2CCCCN2Cc2cccnc2N(C)C)ncc1C(=O)Nc1ccc(F)cc1. The minimum Gasteiger partial charge on any atom is -0.362 e. The fourth-order valence-corrected chi connectivity index (χ4v) is 4.25. The first-order valence-corrected chi connectivity index (χ1v) is 11.2. The van der Waals surface area contributed by atoms with Crippen LogP contribution in [0.2, 0.25) is 0 Å². The number of hydrogen-bond acceptors (Lipinski definition) is 6. The second-order valence-electron chi connectivity index (χ2n) is 8.55. The summed E-state index contributed by atoms with van der Waals surface area (Å²) in [6, 6.07) is 9.84. The number of nitrogens with zero attached hydrogens (tertiary/aromatic N) is 5. The molecule has 1 atom stereocenters. The minimum absolute atomic E-state index is 0.0851. The third-order valence-corrected chi connectivity index (χ3v) is 5.92. The molecule has 1 aliphatic rings. The second-order valence-corrected chi connectivity index (χ2v) is 8.55. The number of aryl methyl sites for hydroxylation is 1. The lowest BCUT2D eigenvalue weighted by Gasteiger charge is -2.35. The molecule has 1 aliphatic heterocycles. The van der Waals surface area contributed by atoms with E-state index < -0.39 is 0 Å². The van der Waals surface area contributed by atoms with Crippen LogP contribution in [0.5, 0.6) is 0 Å². The molecule has 0 saturated carbocycles. The van der Waals surface area contributed by atoms with Gasteiger partial charge in [0, 0.05) is 44.3 Å². The van der Waals surface area contributed by atoms with Crippen LogP contribution in [0.3, 0.4) is 0 Å². The largest absolute Gasteiger partial charge is 0.362 e. The van der Waals surface area contributed by atoms with Crippen LogP contribution >= 0.6 is 0 Å². The van der Waals surface area contributed by atoms with Crippen molar-refractivity contribution >= 4 is 17.4 Å². The van der Waals surface area contributed by atoms with Gasteiger partial charge in [-0.1, -0.05) is 12.5 Å². The summed E-state index contributed by atoms with van der Waals surface area (Å²) >= 11 is 0. The highest BCUT2D eigenvalue weighted by Gasteiger charge is 2.28. The summed E-state index contributed by atoms with van der Waals surface area (Å²) in [5.41, 5.74) is 2.73. The number of pyridine rings is 1. The van der Waals surface area contributed by atoms with Crippen molar-refractivity contribution in [2.24, 2.45) is 0 Å². The highest BCUT2D eigenvalue weighted by molar-refractivity contribution is 6.04. The molecular formula is C25H29FN6O. The molecule has 33 heavy (non-hydrogen) atoms. The van der Waals surface area contributed by atoms with E-state index in [0.717, 1.165) is 44.0 Å². The van der Waals surface area contributed by atoms with Crippen molar-refractivity contribution in [3.8, 4) is 0 Å². The predicted molar refractivity (Wildman–Crippen MR) is 127 cm³/mol. The van der Waals surface area contributed by atoms with Crippen molar-refractivity contribution in [3.63, 3.8) is 0 Å². The van der Waals surface area contributed by atoms with Crippen LogP contribution in [-0.4, -0.2) is 46.4 Å². The number of piperidine rings is 1. The first-order valence-electron chi connectivity index (χ1n) is 11.2. The lowest BCUT2D eigenvalue weighted by atomic mass is 10.00. The highest BCUT2D eigenvalue weighted by Crippen LogP contribution is 2.32. The Bertz CT molecular complexity index is 1120. The summed E-state index contributed by atoms with van der Waals surface area (Å²) in [4.78, 5) is 31.0. The summed E-state index contributed by atoms with van der Waals surface area (Å²) in [5.74, 6) is 1.04. The number of benzene rings is 1. The molecule has 0 spiro atoms. The number of nitrogens with one attached hydrogen (secondary N) is 1. The normalized spacial score (nSPS) is 16.4. The van der Waals surface area contributed by atoms with Crippen molar-refractivity contribution in [2.75, 3.05) is 30.9 Å². The topological polar surface area (TPSA) is 74.2 Å². The molecule has 7 nitrogen and oxygen atoms in total. The number of anilines is 2. The Morgan fingerprint density at radius 2 is 1.97 bits per heavy atom. The van der Waals surface area contributed by atoms with Gasteiger partial charge in [0.25, 0.3) is 5.91 Å². The van der Waals surface area contributed by atoms with Gasteiger partial charge in [-0.3, -0.25) is 9.69 Å². The molecule has 8 heteroatoms. The maximum atomic E-state index is 13.1. The summed E-state index contributed by atoms with van der Waals surface area (Å²) in [6.45, 7) is 3.55. The molecule has 3 aromatic rings. The van der Waals surface area contributed by atoms with E-state index in [1.54, 1.807) is 6.20 Å². The molecule has 4 rings (SSSR count). The monoisotopic (exact) mass is 448 g/mol. The van der Waals surface area contributed by atoms with Gasteiger partial charge in [0.05, 0.1) is 17.3 Å². The molecule has 0 aliphatic carbocycles. The number of halogens is 1. The number of amides is 1. The molecule has 1 aromatic carbocycles. The van der Waals surface area contributed by atoms with Gasteiger partial charge in [-0.2, -0.15) is 0 Å². The number of hydrogen-bond donors (Lipinski definition) is 1. The molecule has 1 N–H and O–H groups in total. The Morgan fingerprint density at radius 3 is 2.70 bits per heavy atom. The average molecular weight is 449 g/mol. The van der Waals surface area contributed by atoms with Gasteiger partial charge in [0.2, 0.25) is 0 Å². The molecule has 1 fully saturated rings. The first-order chi connectivity index (χ1) is 15.9. The Morgan fingerprint density at radius 1 is 1.18 bits per heavy atom. The van der Waals surface area contributed by atoms with Crippen molar-refractivity contribution in [1.82, 2.24) is 19.9 Å². The van der Waals surface area contributed by atoms with E-state index >= 15 is 0 Å². The molecule has 1 saturated heterocycles. The number of carbonyl (C=O) groups is 1. The number of rotatable bonds is 6. The molecule has 0 unspecified atom stereocenters. The predicted octanol–water partition coefficient (Wildman–Crippen LogP) is 4.36. The van der Waals surface area contributed by atoms with Crippen molar-refractivity contribution < 1.29 is 9.18 Å². The van der Waals surface area contributed by atoms with Crippen LogP contribution < -0.4 is 10.2 Å².